The summed E-state index contributed by atoms with van der Waals surface area (Å²) in [5, 5.41) is 2.05. The second-order valence-electron chi connectivity index (χ2n) is 30.9. The van der Waals surface area contributed by atoms with E-state index in [9.17, 15) is 0 Å². The summed E-state index contributed by atoms with van der Waals surface area (Å²) in [7, 11) is 0. The Bertz CT molecular complexity index is 743. The summed E-state index contributed by atoms with van der Waals surface area (Å²) in [6.45, 7) is 81.3. The molecule has 0 spiro atoms. The van der Waals surface area contributed by atoms with E-state index in [1.807, 2.05) is 5.06 Å². The summed E-state index contributed by atoms with van der Waals surface area (Å²) >= 11 is 2.07. The van der Waals surface area contributed by atoms with E-state index in [-0.39, 0.29) is 11.1 Å². The minimum absolute atomic E-state index is 0.191. The van der Waals surface area contributed by atoms with Gasteiger partial charge in [0, 0.05) is 44.0 Å². The number of nitrogens with zero attached hydrogens (tertiary/aromatic N) is 2. The van der Waals surface area contributed by atoms with Crippen LogP contribution in [-0.4, -0.2) is 78.8 Å². The first-order chi connectivity index (χ1) is 27.7. The molecule has 4 rings (SSSR count). The van der Waals surface area contributed by atoms with Crippen LogP contribution in [-0.2, 0) is 14.3 Å². The molecule has 4 saturated heterocycles. The van der Waals surface area contributed by atoms with Gasteiger partial charge in [-0.1, -0.05) is 194 Å². The first kappa shape index (κ1) is 78.3. The Balaban J connectivity index is -0.000000113. The lowest BCUT2D eigenvalue weighted by Crippen LogP contribution is -2.46. The van der Waals surface area contributed by atoms with Gasteiger partial charge in [0.25, 0.3) is 0 Å². The average molecular weight is 938 g/mol. The van der Waals surface area contributed by atoms with Gasteiger partial charge >= 0.3 is 0 Å². The number of hydrogen-bond donors (Lipinski definition) is 0. The van der Waals surface area contributed by atoms with Crippen molar-refractivity contribution in [3.8, 4) is 0 Å². The molecule has 0 unspecified atom stereocenters. The zero-order valence-corrected chi connectivity index (χ0v) is 52.5. The van der Waals surface area contributed by atoms with Crippen LogP contribution in [0.4, 0.5) is 0 Å². The van der Waals surface area contributed by atoms with Crippen LogP contribution in [0.3, 0.4) is 0 Å². The van der Waals surface area contributed by atoms with Crippen LogP contribution in [0.1, 0.15) is 274 Å². The Hall–Kier alpha value is 0.150. The van der Waals surface area contributed by atoms with E-state index < -0.39 is 0 Å². The van der Waals surface area contributed by atoms with Gasteiger partial charge in [-0.2, -0.15) is 16.8 Å². The molecule has 0 aromatic heterocycles. The number of ether oxygens (including phenoxy) is 2. The largest absolute Gasteiger partial charge is 0.381 e. The third kappa shape index (κ3) is 168. The normalized spacial score (nSPS) is 17.2. The summed E-state index contributed by atoms with van der Waals surface area (Å²) in [6.07, 6.45) is 7.84. The molecule has 0 amide bonds. The number of rotatable bonds is 0. The molecule has 0 aliphatic carbocycles. The van der Waals surface area contributed by atoms with E-state index in [0.717, 1.165) is 39.7 Å². The van der Waals surface area contributed by atoms with Gasteiger partial charge < -0.3 is 9.47 Å². The fourth-order valence-corrected chi connectivity index (χ4v) is 4.14. The van der Waals surface area contributed by atoms with Crippen molar-refractivity contribution in [2.45, 2.75) is 285 Å². The fraction of sp³-hybridized carbons (Fsp3) is 1.00. The minimum atomic E-state index is 0.191. The SMILES string of the molecule is C1CCOC1.C1CCSC1.CC(C)(C)C.CC(C)(C)C.CC(C)(C)C.CC(C)(C)C.CC(C)(C)C.CC(C)(C)C.CC(C)(C)C.CC(C)(C)N1CCCO1.CC(C)(C)N1CCCOC1. The van der Waals surface area contributed by atoms with Gasteiger partial charge in [-0.3, -0.25) is 9.74 Å². The Morgan fingerprint density at radius 3 is 0.672 bits per heavy atom. The number of hydroxylamine groups is 2. The lowest BCUT2D eigenvalue weighted by molar-refractivity contribution is -0.166. The van der Waals surface area contributed by atoms with Crippen LogP contribution < -0.4 is 0 Å². The second-order valence-corrected chi connectivity index (χ2v) is 32.1. The molecule has 6 heteroatoms. The predicted octanol–water partition coefficient (Wildman–Crippen LogP) is 19.6. The second kappa shape index (κ2) is 38.9. The van der Waals surface area contributed by atoms with E-state index in [0.29, 0.717) is 37.9 Å². The molecule has 4 aliphatic heterocycles. The molecular formula is C58H132N2O3S. The molecule has 398 valence electrons. The third-order valence-electron chi connectivity index (χ3n) is 5.07. The summed E-state index contributed by atoms with van der Waals surface area (Å²) in [5.74, 6) is 2.83. The standard InChI is InChI=1S/C8H17NO.C7H15NO.7C5H12.C4H8O.C4H8S/c1-8(2,3)9-5-4-6-10-7-9;1-7(2,3)8-5-4-6-9-8;7*1-5(2,3)4;2*1-2-4-5-3-1/h4-7H2,1-3H3;4-6H2,1-3H3;7*1-4H3;2*1-4H2. The van der Waals surface area contributed by atoms with Crippen molar-refractivity contribution in [2.75, 3.05) is 57.8 Å². The Morgan fingerprint density at radius 2 is 0.562 bits per heavy atom. The molecule has 64 heavy (non-hydrogen) atoms. The fourth-order valence-electron chi connectivity index (χ4n) is 3.12. The summed E-state index contributed by atoms with van der Waals surface area (Å²) < 4.78 is 10.3. The minimum Gasteiger partial charge on any atom is -0.381 e. The Kier molecular flexibility index (Phi) is 47.7. The van der Waals surface area contributed by atoms with Gasteiger partial charge in [0.15, 0.2) is 0 Å². The van der Waals surface area contributed by atoms with Crippen molar-refractivity contribution < 1.29 is 14.3 Å². The van der Waals surface area contributed by atoms with Crippen molar-refractivity contribution in [3.63, 3.8) is 0 Å². The monoisotopic (exact) mass is 937 g/mol. The lowest BCUT2D eigenvalue weighted by Gasteiger charge is -2.37. The molecule has 0 bridgehead atoms. The first-order valence-corrected chi connectivity index (χ1v) is 26.8. The molecule has 0 radical (unpaired) electrons. The van der Waals surface area contributed by atoms with E-state index in [1.165, 1.54) is 56.6 Å². The van der Waals surface area contributed by atoms with Gasteiger partial charge in [0.05, 0.1) is 13.3 Å². The van der Waals surface area contributed by atoms with Crippen LogP contribution in [0.2, 0.25) is 0 Å². The first-order valence-electron chi connectivity index (χ1n) is 25.6. The zero-order chi connectivity index (χ0) is 53.1. The number of thioether (sulfide) groups is 1. The van der Waals surface area contributed by atoms with Gasteiger partial charge in [-0.25, -0.2) is 0 Å². The van der Waals surface area contributed by atoms with Crippen molar-refractivity contribution in [3.05, 3.63) is 0 Å². The smallest absolute Gasteiger partial charge is 0.0994 e. The van der Waals surface area contributed by atoms with E-state index in [1.54, 1.807) is 0 Å². The molecule has 0 aromatic carbocycles. The van der Waals surface area contributed by atoms with Gasteiger partial charge in [-0.05, 0) is 129 Å². The van der Waals surface area contributed by atoms with Crippen molar-refractivity contribution in [2.24, 2.45) is 37.9 Å². The van der Waals surface area contributed by atoms with E-state index in [2.05, 4.69) is 252 Å². The van der Waals surface area contributed by atoms with Crippen LogP contribution in [0, 0.1) is 37.9 Å². The zero-order valence-electron chi connectivity index (χ0n) is 51.6. The van der Waals surface area contributed by atoms with Crippen LogP contribution >= 0.6 is 11.8 Å². The maximum absolute atomic E-state index is 5.35. The maximum atomic E-state index is 5.35. The van der Waals surface area contributed by atoms with Crippen molar-refractivity contribution in [1.82, 2.24) is 9.96 Å². The van der Waals surface area contributed by atoms with Crippen LogP contribution in [0.15, 0.2) is 0 Å². The predicted molar refractivity (Wildman–Crippen MR) is 301 cm³/mol. The molecule has 4 fully saturated rings. The average Bonchev–Trinajstić information content (AvgIpc) is 3.78. The summed E-state index contributed by atoms with van der Waals surface area (Å²) in [5.41, 5.74) is 3.97. The lowest BCUT2D eigenvalue weighted by atomic mass is 10.0. The maximum Gasteiger partial charge on any atom is 0.0994 e. The van der Waals surface area contributed by atoms with Gasteiger partial charge in [0.1, 0.15) is 0 Å². The quantitative estimate of drug-likeness (QED) is 0.241. The molecule has 0 N–H and O–H groups in total. The molecule has 4 aliphatic rings. The number of hydrogen-bond acceptors (Lipinski definition) is 6. The van der Waals surface area contributed by atoms with E-state index in [4.69, 9.17) is 14.3 Å². The Morgan fingerprint density at radius 1 is 0.297 bits per heavy atom. The highest BCUT2D eigenvalue weighted by Crippen LogP contribution is 2.19. The van der Waals surface area contributed by atoms with Crippen molar-refractivity contribution >= 4 is 11.8 Å². The molecule has 4 heterocycles. The van der Waals surface area contributed by atoms with Crippen LogP contribution in [0.5, 0.6) is 0 Å². The molecule has 0 aromatic rings. The highest BCUT2D eigenvalue weighted by Gasteiger charge is 2.25. The molecule has 5 nitrogen and oxygen atoms in total. The highest BCUT2D eigenvalue weighted by molar-refractivity contribution is 7.99. The third-order valence-corrected chi connectivity index (χ3v) is 6.22. The van der Waals surface area contributed by atoms with Crippen LogP contribution in [0.25, 0.3) is 0 Å². The Labute approximate surface area is 415 Å². The topological polar surface area (TPSA) is 34.2 Å². The summed E-state index contributed by atoms with van der Waals surface area (Å²) in [6, 6.07) is 0. The highest BCUT2D eigenvalue weighted by atomic mass is 32.2. The van der Waals surface area contributed by atoms with Gasteiger partial charge in [0.2, 0.25) is 0 Å². The summed E-state index contributed by atoms with van der Waals surface area (Å²) in [4.78, 5) is 7.71. The molecule has 0 saturated carbocycles. The molecule has 0 atom stereocenters. The van der Waals surface area contributed by atoms with E-state index >= 15 is 0 Å². The van der Waals surface area contributed by atoms with Crippen molar-refractivity contribution in [1.29, 1.82) is 0 Å². The molecular weight excluding hydrogens is 805 g/mol. The van der Waals surface area contributed by atoms with Gasteiger partial charge in [-0.15, -0.1) is 0 Å².